The van der Waals surface area contributed by atoms with E-state index in [0.717, 1.165) is 42.7 Å². The summed E-state index contributed by atoms with van der Waals surface area (Å²) < 4.78 is 12.3. The van der Waals surface area contributed by atoms with Gasteiger partial charge in [-0.05, 0) is 76.2 Å². The molecule has 2 aliphatic heterocycles. The number of carbonyl (C=O) groups excluding carboxylic acids is 7. The highest BCUT2D eigenvalue weighted by atomic mass is 32.1. The maximum atomic E-state index is 14.7. The third-order valence-corrected chi connectivity index (χ3v) is 15.4. The largest absolute Gasteiger partial charge is 0.379 e. The van der Waals surface area contributed by atoms with Crippen LogP contribution in [0.25, 0.3) is 0 Å². The molecule has 15 heteroatoms. The van der Waals surface area contributed by atoms with Crippen LogP contribution in [0.1, 0.15) is 135 Å². The molecular formula is C52H75N5O9S. The van der Waals surface area contributed by atoms with Gasteiger partial charge in [0, 0.05) is 95.1 Å². The van der Waals surface area contributed by atoms with E-state index in [-0.39, 0.29) is 84.2 Å². The van der Waals surface area contributed by atoms with Crippen LogP contribution in [0.4, 0.5) is 0 Å². The Morgan fingerprint density at radius 3 is 2.19 bits per heavy atom. The predicted octanol–water partition coefficient (Wildman–Crippen LogP) is 7.10. The standard InChI is InChI=1S/C52H75N5O9S/c1-34(2)39(32-43(59)52(4,5)54-44(60)23-13-10-16-27-57-45(61)24-25-46(57)62)51(64)55(6)48(37-20-14-15-21-37)42(65-7)33-47(63)56-28-17-22-40(56)49(66-8)35(3)41(58)31-38(50-53-26-29-67-50)30-36-18-11-9-12-19-36/h9,11-12,18-19,24-26,29,34-35,37-40,42,48-49H,10,13-17,20-23,27-28,30-33H2,1-8H3,(H,54,60)/t35-,38+,39-,40-,42+,48-,49+/m0/s1. The average Bonchev–Trinajstić information content (AvgIpc) is 4.16. The number of likely N-dealkylation sites (tertiary alicyclic amines) is 1. The number of hydrogen-bond acceptors (Lipinski definition) is 11. The second-order valence-electron chi connectivity index (χ2n) is 19.8. The lowest BCUT2D eigenvalue weighted by atomic mass is 9.82. The molecule has 0 bridgehead atoms. The van der Waals surface area contributed by atoms with E-state index in [1.54, 1.807) is 57.5 Å². The van der Waals surface area contributed by atoms with Gasteiger partial charge in [0.1, 0.15) is 5.78 Å². The second kappa shape index (κ2) is 25.1. The number of likely N-dealkylation sites (N-methyl/N-ethyl adjacent to an activating group) is 1. The number of hydrogen-bond donors (Lipinski definition) is 1. The Morgan fingerprint density at radius 2 is 1.58 bits per heavy atom. The molecule has 5 amide bonds. The fourth-order valence-corrected chi connectivity index (χ4v) is 11.2. The normalized spacial score (nSPS) is 19.4. The van der Waals surface area contributed by atoms with E-state index < -0.39 is 35.6 Å². The predicted molar refractivity (Wildman–Crippen MR) is 258 cm³/mol. The van der Waals surface area contributed by atoms with Crippen molar-refractivity contribution in [2.24, 2.45) is 23.7 Å². The van der Waals surface area contributed by atoms with E-state index in [1.165, 1.54) is 17.1 Å². The highest BCUT2D eigenvalue weighted by Gasteiger charge is 2.45. The number of ketones is 2. The molecule has 368 valence electrons. The summed E-state index contributed by atoms with van der Waals surface area (Å²) in [5, 5.41) is 5.74. The van der Waals surface area contributed by atoms with Crippen molar-refractivity contribution in [3.63, 3.8) is 0 Å². The van der Waals surface area contributed by atoms with Crippen LogP contribution in [0.15, 0.2) is 54.1 Å². The van der Waals surface area contributed by atoms with Crippen molar-refractivity contribution >= 4 is 52.4 Å². The topological polar surface area (TPSA) is 173 Å². The van der Waals surface area contributed by atoms with Crippen molar-refractivity contribution < 1.29 is 43.0 Å². The van der Waals surface area contributed by atoms with E-state index >= 15 is 0 Å². The molecule has 1 saturated heterocycles. The van der Waals surface area contributed by atoms with Gasteiger partial charge in [0.25, 0.3) is 11.8 Å². The van der Waals surface area contributed by atoms with Crippen LogP contribution < -0.4 is 5.32 Å². The van der Waals surface area contributed by atoms with Gasteiger partial charge in [-0.15, -0.1) is 11.3 Å². The number of aromatic nitrogens is 1. The number of Topliss-reactive ketones (excluding diaryl/α,β-unsaturated/α-hetero) is 2. The monoisotopic (exact) mass is 946 g/mol. The number of benzene rings is 1. The maximum absolute atomic E-state index is 14.7. The lowest BCUT2D eigenvalue weighted by Crippen LogP contribution is -2.55. The molecule has 3 aliphatic rings. The third-order valence-electron chi connectivity index (χ3n) is 14.4. The third kappa shape index (κ3) is 14.2. The molecule has 0 radical (unpaired) electrons. The quantitative estimate of drug-likeness (QED) is 0.0719. The first-order chi connectivity index (χ1) is 32.0. The van der Waals surface area contributed by atoms with Gasteiger partial charge in [0.2, 0.25) is 17.7 Å². The maximum Gasteiger partial charge on any atom is 0.253 e. The summed E-state index contributed by atoms with van der Waals surface area (Å²) in [4.78, 5) is 103. The van der Waals surface area contributed by atoms with Crippen LogP contribution in [0.5, 0.6) is 0 Å². The molecule has 0 spiro atoms. The number of carbonyl (C=O) groups is 7. The first-order valence-electron chi connectivity index (χ1n) is 24.4. The fraction of sp³-hybridized carbons (Fsp3) is 0.654. The first kappa shape index (κ1) is 53.4. The number of methoxy groups -OCH3 is 2. The van der Waals surface area contributed by atoms with Crippen molar-refractivity contribution in [2.75, 3.05) is 34.4 Å². The zero-order chi connectivity index (χ0) is 48.8. The molecule has 3 heterocycles. The van der Waals surface area contributed by atoms with Crippen molar-refractivity contribution in [1.29, 1.82) is 0 Å². The van der Waals surface area contributed by atoms with Gasteiger partial charge < -0.3 is 24.6 Å². The van der Waals surface area contributed by atoms with Crippen molar-refractivity contribution in [3.8, 4) is 0 Å². The minimum Gasteiger partial charge on any atom is -0.379 e. The summed E-state index contributed by atoms with van der Waals surface area (Å²) in [6.07, 6.45) is 11.3. The summed E-state index contributed by atoms with van der Waals surface area (Å²) >= 11 is 1.56. The summed E-state index contributed by atoms with van der Waals surface area (Å²) in [7, 11) is 4.98. The number of amides is 5. The van der Waals surface area contributed by atoms with Crippen molar-refractivity contribution in [3.05, 3.63) is 64.6 Å². The second-order valence-corrected chi connectivity index (χ2v) is 20.7. The van der Waals surface area contributed by atoms with Crippen LogP contribution in [0.3, 0.4) is 0 Å². The summed E-state index contributed by atoms with van der Waals surface area (Å²) in [6.45, 7) is 9.89. The number of ether oxygens (including phenoxy) is 2. The summed E-state index contributed by atoms with van der Waals surface area (Å²) in [6, 6.07) is 9.41. The molecular weight excluding hydrogens is 871 g/mol. The summed E-state index contributed by atoms with van der Waals surface area (Å²) in [5.41, 5.74) is -0.0870. The number of unbranched alkanes of at least 4 members (excludes halogenated alkanes) is 2. The lowest BCUT2D eigenvalue weighted by molar-refractivity contribution is -0.149. The number of thiazole rings is 1. The van der Waals surface area contributed by atoms with Gasteiger partial charge >= 0.3 is 0 Å². The Hall–Kier alpha value is -4.60. The van der Waals surface area contributed by atoms with E-state index in [9.17, 15) is 33.6 Å². The smallest absolute Gasteiger partial charge is 0.253 e. The van der Waals surface area contributed by atoms with Crippen LogP contribution >= 0.6 is 11.3 Å². The molecule has 1 N–H and O–H groups in total. The van der Waals surface area contributed by atoms with Crippen LogP contribution in [0.2, 0.25) is 0 Å². The van der Waals surface area contributed by atoms with Gasteiger partial charge in [-0.3, -0.25) is 38.5 Å². The SMILES string of the molecule is CO[C@H]([C@@H](C)C(=O)C[C@@H](Cc1ccccc1)c1nccs1)[C@@H]1CCCN1C(=O)C[C@@H](OC)[C@H](C1CCCC1)N(C)C(=O)[C@@H](CC(=O)C(C)(C)NC(=O)CCCCCN1C(=O)C=CC1=O)C(C)C. The molecule has 1 aliphatic carbocycles. The Morgan fingerprint density at radius 1 is 0.896 bits per heavy atom. The molecule has 1 saturated carbocycles. The molecule has 0 unspecified atom stereocenters. The zero-order valence-corrected chi connectivity index (χ0v) is 41.9. The average molecular weight is 946 g/mol. The van der Waals surface area contributed by atoms with Crippen molar-refractivity contribution in [2.45, 2.75) is 160 Å². The highest BCUT2D eigenvalue weighted by Crippen LogP contribution is 2.37. The molecule has 5 rings (SSSR count). The van der Waals surface area contributed by atoms with Gasteiger partial charge in [0.15, 0.2) is 5.78 Å². The van der Waals surface area contributed by atoms with Gasteiger partial charge in [0.05, 0.1) is 41.3 Å². The molecule has 2 aromatic rings. The highest BCUT2D eigenvalue weighted by molar-refractivity contribution is 7.09. The Labute approximate surface area is 402 Å². The minimum atomic E-state index is -1.23. The lowest BCUT2D eigenvalue weighted by Gasteiger charge is -2.41. The number of rotatable bonds is 27. The van der Waals surface area contributed by atoms with Crippen LogP contribution in [-0.4, -0.2) is 125 Å². The number of nitrogens with one attached hydrogen (secondary N) is 1. The van der Waals surface area contributed by atoms with Crippen LogP contribution in [-0.2, 0) is 49.5 Å². The zero-order valence-electron chi connectivity index (χ0n) is 41.1. The van der Waals surface area contributed by atoms with Crippen LogP contribution in [0, 0.1) is 23.7 Å². The van der Waals surface area contributed by atoms with Gasteiger partial charge in [-0.1, -0.05) is 70.4 Å². The molecule has 1 aromatic heterocycles. The number of nitrogens with zero attached hydrogens (tertiary/aromatic N) is 4. The first-order valence-corrected chi connectivity index (χ1v) is 25.3. The van der Waals surface area contributed by atoms with E-state index in [2.05, 4.69) is 22.4 Å². The Bertz CT molecular complexity index is 2000. The molecule has 2 fully saturated rings. The molecule has 67 heavy (non-hydrogen) atoms. The Balaban J connectivity index is 1.21. The van der Waals surface area contributed by atoms with E-state index in [4.69, 9.17) is 9.47 Å². The summed E-state index contributed by atoms with van der Waals surface area (Å²) in [5.74, 6) is -2.76. The molecule has 7 atom stereocenters. The molecule has 1 aromatic carbocycles. The Kier molecular flexibility index (Phi) is 20.0. The van der Waals surface area contributed by atoms with Gasteiger partial charge in [-0.25, -0.2) is 4.98 Å². The van der Waals surface area contributed by atoms with E-state index in [1.807, 2.05) is 49.3 Å². The van der Waals surface area contributed by atoms with Gasteiger partial charge in [-0.2, -0.15) is 0 Å². The fourth-order valence-electron chi connectivity index (χ4n) is 10.5. The van der Waals surface area contributed by atoms with Crippen molar-refractivity contribution in [1.82, 2.24) is 25.0 Å². The minimum absolute atomic E-state index is 0.0454. The number of imide groups is 1. The van der Waals surface area contributed by atoms with E-state index in [0.29, 0.717) is 51.6 Å². The molecule has 14 nitrogen and oxygen atoms in total.